The van der Waals surface area contributed by atoms with Crippen molar-refractivity contribution in [2.45, 2.75) is 18.2 Å². The predicted octanol–water partition coefficient (Wildman–Crippen LogP) is 0.153. The summed E-state index contributed by atoms with van der Waals surface area (Å²) >= 11 is 0. The number of nitrogens with two attached hydrogens (primary N) is 1. The molecule has 0 aliphatic rings. The normalized spacial score (nSPS) is 11.6. The molecule has 0 radical (unpaired) electrons. The Labute approximate surface area is 119 Å². The van der Waals surface area contributed by atoms with Crippen molar-refractivity contribution in [1.82, 2.24) is 14.2 Å². The van der Waals surface area contributed by atoms with Crippen molar-refractivity contribution in [3.05, 3.63) is 18.3 Å². The first-order valence-corrected chi connectivity index (χ1v) is 7.65. The molecule has 0 saturated heterocycles. The van der Waals surface area contributed by atoms with E-state index in [1.54, 1.807) is 14.1 Å². The quantitative estimate of drug-likeness (QED) is 0.807. The van der Waals surface area contributed by atoms with Gasteiger partial charge < -0.3 is 10.6 Å². The molecule has 1 aromatic heterocycles. The van der Waals surface area contributed by atoms with Crippen molar-refractivity contribution >= 4 is 21.7 Å². The van der Waals surface area contributed by atoms with Crippen LogP contribution in [0.2, 0.25) is 0 Å². The lowest BCUT2D eigenvalue weighted by Gasteiger charge is -2.23. The minimum absolute atomic E-state index is 0.0640. The molecular formula is C12H20N4O3S. The maximum Gasteiger partial charge on any atom is 0.247 e. The van der Waals surface area contributed by atoms with Crippen LogP contribution >= 0.6 is 0 Å². The first-order valence-electron chi connectivity index (χ1n) is 6.21. The number of hydrogen-bond donors (Lipinski definition) is 1. The van der Waals surface area contributed by atoms with E-state index in [1.807, 2.05) is 6.92 Å². The van der Waals surface area contributed by atoms with E-state index in [1.165, 1.54) is 23.2 Å². The monoisotopic (exact) mass is 300 g/mol. The predicted molar refractivity (Wildman–Crippen MR) is 76.4 cm³/mol. The van der Waals surface area contributed by atoms with Crippen LogP contribution in [0.1, 0.15) is 13.3 Å². The molecule has 1 aromatic rings. The number of amides is 1. The molecule has 0 unspecified atom stereocenters. The Morgan fingerprint density at radius 1 is 1.40 bits per heavy atom. The van der Waals surface area contributed by atoms with Gasteiger partial charge in [0.15, 0.2) is 0 Å². The Bertz CT molecular complexity index is 572. The molecule has 0 fully saturated rings. The molecule has 20 heavy (non-hydrogen) atoms. The second-order valence-corrected chi connectivity index (χ2v) is 6.42. The number of nitrogens with zero attached hydrogens (tertiary/aromatic N) is 3. The van der Waals surface area contributed by atoms with Gasteiger partial charge in [-0.05, 0) is 18.6 Å². The van der Waals surface area contributed by atoms with Gasteiger partial charge in [0.1, 0.15) is 10.7 Å². The zero-order valence-corrected chi connectivity index (χ0v) is 12.7. The van der Waals surface area contributed by atoms with Gasteiger partial charge in [0.2, 0.25) is 15.9 Å². The zero-order valence-electron chi connectivity index (χ0n) is 11.9. The average Bonchev–Trinajstić information content (AvgIpc) is 2.38. The standard InChI is InChI=1S/C12H20N4O3S/c1-4-8-16(9-11(17)15(2)3)20(18,19)10-6-5-7-14-12(10)13/h5-7H,4,8-9H2,1-3H3,(H2,13,14). The highest BCUT2D eigenvalue weighted by Gasteiger charge is 2.28. The zero-order chi connectivity index (χ0) is 15.3. The highest BCUT2D eigenvalue weighted by Crippen LogP contribution is 2.20. The Morgan fingerprint density at radius 2 is 2.05 bits per heavy atom. The minimum atomic E-state index is -3.82. The van der Waals surface area contributed by atoms with E-state index in [0.29, 0.717) is 6.42 Å². The number of sulfonamides is 1. The fourth-order valence-electron chi connectivity index (χ4n) is 1.59. The van der Waals surface area contributed by atoms with Gasteiger partial charge in [0.25, 0.3) is 0 Å². The summed E-state index contributed by atoms with van der Waals surface area (Å²) in [7, 11) is -0.662. The number of pyridine rings is 1. The van der Waals surface area contributed by atoms with Gasteiger partial charge in [-0.25, -0.2) is 13.4 Å². The van der Waals surface area contributed by atoms with Crippen molar-refractivity contribution in [3.63, 3.8) is 0 Å². The van der Waals surface area contributed by atoms with Crippen LogP contribution in [0.15, 0.2) is 23.2 Å². The topological polar surface area (TPSA) is 96.6 Å². The molecule has 0 atom stereocenters. The Hall–Kier alpha value is -1.67. The summed E-state index contributed by atoms with van der Waals surface area (Å²) in [6.07, 6.45) is 2.02. The van der Waals surface area contributed by atoms with Crippen LogP contribution in [0.3, 0.4) is 0 Å². The second-order valence-electron chi connectivity index (χ2n) is 4.51. The first-order chi connectivity index (χ1) is 9.30. The molecule has 0 aromatic carbocycles. The third kappa shape index (κ3) is 3.67. The molecule has 0 aliphatic carbocycles. The van der Waals surface area contributed by atoms with Gasteiger partial charge in [-0.1, -0.05) is 6.92 Å². The van der Waals surface area contributed by atoms with Crippen LogP contribution in [-0.4, -0.2) is 55.7 Å². The summed E-state index contributed by atoms with van der Waals surface area (Å²) in [4.78, 5) is 16.8. The molecule has 0 aliphatic heterocycles. The lowest BCUT2D eigenvalue weighted by Crippen LogP contribution is -2.40. The average molecular weight is 300 g/mol. The molecule has 1 rings (SSSR count). The van der Waals surface area contributed by atoms with Crippen molar-refractivity contribution in [2.75, 3.05) is 32.9 Å². The largest absolute Gasteiger partial charge is 0.383 e. The third-order valence-electron chi connectivity index (χ3n) is 2.70. The Morgan fingerprint density at radius 3 is 2.55 bits per heavy atom. The summed E-state index contributed by atoms with van der Waals surface area (Å²) in [5.41, 5.74) is 5.62. The summed E-state index contributed by atoms with van der Waals surface area (Å²) in [6, 6.07) is 2.89. The van der Waals surface area contributed by atoms with Gasteiger partial charge in [-0.2, -0.15) is 4.31 Å². The van der Waals surface area contributed by atoms with Crippen molar-refractivity contribution in [3.8, 4) is 0 Å². The van der Waals surface area contributed by atoms with Gasteiger partial charge in [-0.3, -0.25) is 4.79 Å². The van der Waals surface area contributed by atoms with Crippen LogP contribution in [0.25, 0.3) is 0 Å². The number of carbonyl (C=O) groups excluding carboxylic acids is 1. The summed E-state index contributed by atoms with van der Waals surface area (Å²) < 4.78 is 26.2. The molecule has 0 bridgehead atoms. The highest BCUT2D eigenvalue weighted by atomic mass is 32.2. The van der Waals surface area contributed by atoms with Gasteiger partial charge in [0.05, 0.1) is 6.54 Å². The maximum atomic E-state index is 12.5. The third-order valence-corrected chi connectivity index (χ3v) is 4.59. The fourth-order valence-corrected chi connectivity index (χ4v) is 3.13. The van der Waals surface area contributed by atoms with Crippen molar-refractivity contribution in [2.24, 2.45) is 0 Å². The maximum absolute atomic E-state index is 12.5. The molecule has 8 heteroatoms. The number of rotatable bonds is 6. The molecule has 0 saturated carbocycles. The number of hydrogen-bond acceptors (Lipinski definition) is 5. The van der Waals surface area contributed by atoms with E-state index in [2.05, 4.69) is 4.98 Å². The molecule has 7 nitrogen and oxygen atoms in total. The lowest BCUT2D eigenvalue weighted by atomic mass is 10.4. The van der Waals surface area contributed by atoms with Gasteiger partial charge >= 0.3 is 0 Å². The Balaban J connectivity index is 3.13. The van der Waals surface area contributed by atoms with E-state index in [-0.39, 0.29) is 29.7 Å². The molecule has 1 heterocycles. The second kappa shape index (κ2) is 6.67. The summed E-state index contributed by atoms with van der Waals surface area (Å²) in [6.45, 7) is 1.88. The van der Waals surface area contributed by atoms with E-state index in [9.17, 15) is 13.2 Å². The number of nitrogen functional groups attached to an aromatic ring is 1. The number of anilines is 1. The molecule has 2 N–H and O–H groups in total. The van der Waals surface area contributed by atoms with E-state index < -0.39 is 10.0 Å². The van der Waals surface area contributed by atoms with Crippen LogP contribution in [-0.2, 0) is 14.8 Å². The smallest absolute Gasteiger partial charge is 0.247 e. The first kappa shape index (κ1) is 16.4. The van der Waals surface area contributed by atoms with Crippen molar-refractivity contribution in [1.29, 1.82) is 0 Å². The van der Waals surface area contributed by atoms with Gasteiger partial charge in [-0.15, -0.1) is 0 Å². The van der Waals surface area contributed by atoms with Gasteiger partial charge in [0, 0.05) is 26.8 Å². The lowest BCUT2D eigenvalue weighted by molar-refractivity contribution is -0.128. The van der Waals surface area contributed by atoms with Crippen LogP contribution < -0.4 is 5.73 Å². The summed E-state index contributed by atoms with van der Waals surface area (Å²) in [5, 5.41) is 0. The Kier molecular flexibility index (Phi) is 5.46. The minimum Gasteiger partial charge on any atom is -0.383 e. The molecular weight excluding hydrogens is 280 g/mol. The number of aromatic nitrogens is 1. The molecule has 0 spiro atoms. The number of carbonyl (C=O) groups is 1. The molecule has 112 valence electrons. The van der Waals surface area contributed by atoms with Crippen molar-refractivity contribution < 1.29 is 13.2 Å². The van der Waals surface area contributed by atoms with Crippen LogP contribution in [0.4, 0.5) is 5.82 Å². The molecule has 1 amide bonds. The highest BCUT2D eigenvalue weighted by molar-refractivity contribution is 7.89. The van der Waals surface area contributed by atoms with Crippen LogP contribution in [0, 0.1) is 0 Å². The summed E-state index contributed by atoms with van der Waals surface area (Å²) in [5.74, 6) is -0.351. The van der Waals surface area contributed by atoms with E-state index in [4.69, 9.17) is 5.73 Å². The number of likely N-dealkylation sites (N-methyl/N-ethyl adjacent to an activating group) is 1. The van der Waals surface area contributed by atoms with Crippen LogP contribution in [0.5, 0.6) is 0 Å². The SMILES string of the molecule is CCCN(CC(=O)N(C)C)S(=O)(=O)c1cccnc1N. The van der Waals surface area contributed by atoms with E-state index >= 15 is 0 Å². The van der Waals surface area contributed by atoms with E-state index in [0.717, 1.165) is 4.31 Å². The fraction of sp³-hybridized carbons (Fsp3) is 0.500.